The Morgan fingerprint density at radius 2 is 2.10 bits per heavy atom. The van der Waals surface area contributed by atoms with Gasteiger partial charge in [-0.1, -0.05) is 36.4 Å². The number of hydrogen-bond acceptors (Lipinski definition) is 3. The van der Waals surface area contributed by atoms with Gasteiger partial charge in [0.2, 0.25) is 0 Å². The van der Waals surface area contributed by atoms with Gasteiger partial charge in [0.05, 0.1) is 18.4 Å². The van der Waals surface area contributed by atoms with Crippen molar-refractivity contribution in [2.24, 2.45) is 0 Å². The van der Waals surface area contributed by atoms with Gasteiger partial charge in [-0.15, -0.1) is 0 Å². The normalized spacial score (nSPS) is 18.4. The van der Waals surface area contributed by atoms with E-state index in [1.807, 2.05) is 42.5 Å². The van der Waals surface area contributed by atoms with Crippen molar-refractivity contribution in [1.82, 2.24) is 10.6 Å². The molecule has 1 aliphatic rings. The maximum atomic E-state index is 12.0. The molecular formula is C16H19N3O2. The molecule has 1 saturated heterocycles. The van der Waals surface area contributed by atoms with Crippen LogP contribution >= 0.6 is 0 Å². The Balaban J connectivity index is 1.61. The first kappa shape index (κ1) is 13.9. The number of hydrogen-bond donors (Lipinski definition) is 3. The van der Waals surface area contributed by atoms with Crippen LogP contribution in [-0.4, -0.2) is 38.4 Å². The van der Waals surface area contributed by atoms with Crippen molar-refractivity contribution in [3.8, 4) is 0 Å². The summed E-state index contributed by atoms with van der Waals surface area (Å²) in [6, 6.07) is 13.6. The lowest BCUT2D eigenvalue weighted by atomic mass is 10.1. The fourth-order valence-corrected chi connectivity index (χ4v) is 2.46. The van der Waals surface area contributed by atoms with Gasteiger partial charge in [0, 0.05) is 25.0 Å². The molecule has 1 unspecified atom stereocenters. The zero-order valence-corrected chi connectivity index (χ0v) is 11.8. The largest absolute Gasteiger partial charge is 0.374 e. The first-order valence-electron chi connectivity index (χ1n) is 7.18. The number of ether oxygens (including phenoxy) is 1. The highest BCUT2D eigenvalue weighted by atomic mass is 16.5. The molecule has 21 heavy (non-hydrogen) atoms. The summed E-state index contributed by atoms with van der Waals surface area (Å²) in [6.07, 6.45) is 0.0389. The minimum atomic E-state index is -0.208. The predicted molar refractivity (Wildman–Crippen MR) is 83.6 cm³/mol. The molecule has 2 aromatic carbocycles. The van der Waals surface area contributed by atoms with Gasteiger partial charge in [-0.05, 0) is 11.5 Å². The average molecular weight is 285 g/mol. The Bertz CT molecular complexity index is 618. The highest BCUT2D eigenvalue weighted by Gasteiger charge is 2.14. The van der Waals surface area contributed by atoms with Crippen LogP contribution in [0.3, 0.4) is 0 Å². The molecule has 0 bridgehead atoms. The monoisotopic (exact) mass is 285 g/mol. The number of amides is 2. The van der Waals surface area contributed by atoms with Crippen molar-refractivity contribution in [2.45, 2.75) is 6.10 Å². The average Bonchev–Trinajstić information content (AvgIpc) is 2.54. The summed E-state index contributed by atoms with van der Waals surface area (Å²) in [7, 11) is 0. The molecule has 3 N–H and O–H groups in total. The minimum absolute atomic E-state index is 0.0389. The SMILES string of the molecule is O=C(NCC1CNCCO1)Nc1cccc2ccccc12. The maximum Gasteiger partial charge on any atom is 0.319 e. The van der Waals surface area contributed by atoms with Gasteiger partial charge in [0.15, 0.2) is 0 Å². The quantitative estimate of drug-likeness (QED) is 0.807. The Hall–Kier alpha value is -2.11. The molecule has 1 fully saturated rings. The molecule has 0 radical (unpaired) electrons. The summed E-state index contributed by atoms with van der Waals surface area (Å²) in [5, 5.41) is 11.1. The van der Waals surface area contributed by atoms with Crippen LogP contribution in [0.4, 0.5) is 10.5 Å². The number of carbonyl (C=O) groups excluding carboxylic acids is 1. The number of urea groups is 1. The van der Waals surface area contributed by atoms with Crippen molar-refractivity contribution in [2.75, 3.05) is 31.6 Å². The van der Waals surface area contributed by atoms with Crippen LogP contribution in [0.2, 0.25) is 0 Å². The molecule has 0 aliphatic carbocycles. The number of carbonyl (C=O) groups is 1. The standard InChI is InChI=1S/C16H19N3O2/c20-16(18-11-13-10-17-8-9-21-13)19-15-7-3-5-12-4-1-2-6-14(12)15/h1-7,13,17H,8-11H2,(H2,18,19,20). The van der Waals surface area contributed by atoms with Gasteiger partial charge < -0.3 is 20.7 Å². The minimum Gasteiger partial charge on any atom is -0.374 e. The third kappa shape index (κ3) is 3.51. The van der Waals surface area contributed by atoms with Crippen molar-refractivity contribution >= 4 is 22.5 Å². The summed E-state index contributed by atoms with van der Waals surface area (Å²) >= 11 is 0. The van der Waals surface area contributed by atoms with E-state index in [1.54, 1.807) is 0 Å². The van der Waals surface area contributed by atoms with Crippen molar-refractivity contribution in [3.05, 3.63) is 42.5 Å². The topological polar surface area (TPSA) is 62.4 Å². The molecule has 1 aliphatic heterocycles. The molecule has 3 rings (SSSR count). The summed E-state index contributed by atoms with van der Waals surface area (Å²) in [4.78, 5) is 12.0. The molecule has 110 valence electrons. The van der Waals surface area contributed by atoms with Crippen molar-refractivity contribution in [1.29, 1.82) is 0 Å². The number of rotatable bonds is 3. The fraction of sp³-hybridized carbons (Fsp3) is 0.312. The van der Waals surface area contributed by atoms with Crippen LogP contribution in [0.5, 0.6) is 0 Å². The van der Waals surface area contributed by atoms with E-state index < -0.39 is 0 Å². The highest BCUT2D eigenvalue weighted by molar-refractivity contribution is 6.01. The molecule has 2 aromatic rings. The van der Waals surface area contributed by atoms with Gasteiger partial charge in [-0.3, -0.25) is 0 Å². The lowest BCUT2D eigenvalue weighted by Crippen LogP contribution is -2.46. The van der Waals surface area contributed by atoms with Gasteiger partial charge in [0.1, 0.15) is 0 Å². The first-order valence-corrected chi connectivity index (χ1v) is 7.18. The number of fused-ring (bicyclic) bond motifs is 1. The summed E-state index contributed by atoms with van der Waals surface area (Å²) < 4.78 is 5.54. The van der Waals surface area contributed by atoms with E-state index in [-0.39, 0.29) is 12.1 Å². The van der Waals surface area contributed by atoms with Crippen LogP contribution in [0.1, 0.15) is 0 Å². The first-order chi connectivity index (χ1) is 10.3. The van der Waals surface area contributed by atoms with E-state index in [0.29, 0.717) is 13.2 Å². The van der Waals surface area contributed by atoms with Crippen LogP contribution in [-0.2, 0) is 4.74 Å². The van der Waals surface area contributed by atoms with E-state index in [1.165, 1.54) is 0 Å². The maximum absolute atomic E-state index is 12.0. The zero-order valence-electron chi connectivity index (χ0n) is 11.8. The third-order valence-corrected chi connectivity index (χ3v) is 3.53. The van der Waals surface area contributed by atoms with Crippen molar-refractivity contribution in [3.63, 3.8) is 0 Å². The lowest BCUT2D eigenvalue weighted by Gasteiger charge is -2.23. The van der Waals surface area contributed by atoms with Crippen LogP contribution < -0.4 is 16.0 Å². The molecule has 0 spiro atoms. The number of anilines is 1. The second-order valence-corrected chi connectivity index (χ2v) is 5.06. The van der Waals surface area contributed by atoms with E-state index in [0.717, 1.165) is 29.5 Å². The highest BCUT2D eigenvalue weighted by Crippen LogP contribution is 2.22. The van der Waals surface area contributed by atoms with Gasteiger partial charge in [0.25, 0.3) is 0 Å². The summed E-state index contributed by atoms with van der Waals surface area (Å²) in [6.45, 7) is 2.84. The van der Waals surface area contributed by atoms with E-state index >= 15 is 0 Å². The van der Waals surface area contributed by atoms with E-state index in [9.17, 15) is 4.79 Å². The van der Waals surface area contributed by atoms with Crippen molar-refractivity contribution < 1.29 is 9.53 Å². The fourth-order valence-electron chi connectivity index (χ4n) is 2.46. The molecule has 0 saturated carbocycles. The number of nitrogens with one attached hydrogen (secondary N) is 3. The Labute approximate surface area is 123 Å². The molecule has 2 amide bonds. The predicted octanol–water partition coefficient (Wildman–Crippen LogP) is 1.95. The van der Waals surface area contributed by atoms with Crippen LogP contribution in [0.25, 0.3) is 10.8 Å². The van der Waals surface area contributed by atoms with Gasteiger partial charge in [-0.25, -0.2) is 4.79 Å². The van der Waals surface area contributed by atoms with Gasteiger partial charge in [-0.2, -0.15) is 0 Å². The zero-order chi connectivity index (χ0) is 14.5. The summed E-state index contributed by atoms with van der Waals surface area (Å²) in [5.41, 5.74) is 0.813. The lowest BCUT2D eigenvalue weighted by molar-refractivity contribution is 0.0310. The molecule has 0 aromatic heterocycles. The van der Waals surface area contributed by atoms with Crippen LogP contribution in [0.15, 0.2) is 42.5 Å². The smallest absolute Gasteiger partial charge is 0.319 e. The number of benzene rings is 2. The Kier molecular flexibility index (Phi) is 4.33. The van der Waals surface area contributed by atoms with E-state index in [2.05, 4.69) is 16.0 Å². The van der Waals surface area contributed by atoms with E-state index in [4.69, 9.17) is 4.74 Å². The third-order valence-electron chi connectivity index (χ3n) is 3.53. The molecular weight excluding hydrogens is 266 g/mol. The molecule has 1 heterocycles. The molecule has 5 heteroatoms. The Morgan fingerprint density at radius 1 is 1.24 bits per heavy atom. The second-order valence-electron chi connectivity index (χ2n) is 5.06. The Morgan fingerprint density at radius 3 is 2.95 bits per heavy atom. The number of morpholine rings is 1. The second kappa shape index (κ2) is 6.56. The summed E-state index contributed by atoms with van der Waals surface area (Å²) in [5.74, 6) is 0. The van der Waals surface area contributed by atoms with Gasteiger partial charge >= 0.3 is 6.03 Å². The molecule has 1 atom stereocenters. The van der Waals surface area contributed by atoms with Crippen LogP contribution in [0, 0.1) is 0 Å². The molecule has 5 nitrogen and oxygen atoms in total.